The van der Waals surface area contributed by atoms with Gasteiger partial charge >= 0.3 is 5.97 Å². The number of ether oxygens (including phenoxy) is 1. The molecule has 130 valence electrons. The molecule has 0 aliphatic heterocycles. The van der Waals surface area contributed by atoms with Crippen molar-refractivity contribution in [2.24, 2.45) is 0 Å². The molecular weight excluding hydrogens is 320 g/mol. The van der Waals surface area contributed by atoms with Gasteiger partial charge in [0.2, 0.25) is 5.91 Å². The molecule has 0 saturated heterocycles. The summed E-state index contributed by atoms with van der Waals surface area (Å²) in [5.74, 6) is -0.903. The van der Waals surface area contributed by atoms with Gasteiger partial charge in [-0.2, -0.15) is 0 Å². The van der Waals surface area contributed by atoms with Crippen molar-refractivity contribution in [3.05, 3.63) is 59.7 Å². The molecule has 0 bridgehead atoms. The van der Waals surface area contributed by atoms with Gasteiger partial charge < -0.3 is 15.4 Å². The number of carbonyl (C=O) groups is 3. The Morgan fingerprint density at radius 2 is 1.64 bits per heavy atom. The number of hydrogen-bond donors (Lipinski definition) is 2. The van der Waals surface area contributed by atoms with Crippen LogP contribution in [0.5, 0.6) is 0 Å². The summed E-state index contributed by atoms with van der Waals surface area (Å²) in [5.41, 5.74) is 1.95. The number of hydrogen-bond acceptors (Lipinski definition) is 4. The normalized spacial score (nSPS) is 10.0. The van der Waals surface area contributed by atoms with Crippen LogP contribution in [0.2, 0.25) is 0 Å². The largest absolute Gasteiger partial charge is 0.462 e. The molecule has 0 heterocycles. The second kappa shape index (κ2) is 8.63. The fourth-order valence-electron chi connectivity index (χ4n) is 2.11. The minimum atomic E-state index is -0.386. The van der Waals surface area contributed by atoms with Gasteiger partial charge in [0.15, 0.2) is 0 Å². The highest BCUT2D eigenvalue weighted by Gasteiger charge is 2.09. The first-order valence-electron chi connectivity index (χ1n) is 7.96. The van der Waals surface area contributed by atoms with Crippen molar-refractivity contribution in [2.75, 3.05) is 17.2 Å². The molecule has 0 fully saturated rings. The second-order valence-corrected chi connectivity index (χ2v) is 5.43. The maximum absolute atomic E-state index is 12.3. The summed E-state index contributed by atoms with van der Waals surface area (Å²) in [6.45, 7) is 3.70. The first-order valence-corrected chi connectivity index (χ1v) is 7.96. The lowest BCUT2D eigenvalue weighted by atomic mass is 10.1. The lowest BCUT2D eigenvalue weighted by Gasteiger charge is -2.08. The van der Waals surface area contributed by atoms with Crippen molar-refractivity contribution >= 4 is 29.2 Å². The van der Waals surface area contributed by atoms with E-state index in [9.17, 15) is 14.4 Å². The molecule has 0 unspecified atom stereocenters. The van der Waals surface area contributed by atoms with Gasteiger partial charge in [-0.05, 0) is 48.9 Å². The van der Waals surface area contributed by atoms with Crippen LogP contribution in [0, 0.1) is 0 Å². The van der Waals surface area contributed by atoms with Crippen molar-refractivity contribution in [2.45, 2.75) is 20.3 Å². The molecule has 2 aromatic carbocycles. The molecule has 0 aromatic heterocycles. The highest BCUT2D eigenvalue weighted by molar-refractivity contribution is 6.05. The molecule has 0 spiro atoms. The first kappa shape index (κ1) is 18.2. The highest BCUT2D eigenvalue weighted by Crippen LogP contribution is 2.15. The van der Waals surface area contributed by atoms with Gasteiger partial charge in [-0.25, -0.2) is 4.79 Å². The average molecular weight is 340 g/mol. The van der Waals surface area contributed by atoms with Gasteiger partial charge in [0.1, 0.15) is 0 Å². The second-order valence-electron chi connectivity index (χ2n) is 5.43. The van der Waals surface area contributed by atoms with E-state index >= 15 is 0 Å². The van der Waals surface area contributed by atoms with E-state index in [0.29, 0.717) is 29.1 Å². The van der Waals surface area contributed by atoms with Gasteiger partial charge in [0, 0.05) is 23.9 Å². The Labute approximate surface area is 146 Å². The fraction of sp³-hybridized carbons (Fsp3) is 0.211. The summed E-state index contributed by atoms with van der Waals surface area (Å²) < 4.78 is 5.05. The molecule has 0 atom stereocenters. The van der Waals surface area contributed by atoms with E-state index in [2.05, 4.69) is 10.6 Å². The number of anilines is 2. The molecule has 2 aromatic rings. The van der Waals surface area contributed by atoms with E-state index in [4.69, 9.17) is 4.74 Å². The third kappa shape index (κ3) is 5.46. The number of benzene rings is 2. The minimum absolute atomic E-state index is 0.205. The Bertz CT molecular complexity index is 769. The predicted octanol–water partition coefficient (Wildman–Crippen LogP) is 3.46. The zero-order valence-electron chi connectivity index (χ0n) is 14.2. The number of esters is 1. The van der Waals surface area contributed by atoms with Crippen molar-refractivity contribution < 1.29 is 19.1 Å². The maximum atomic E-state index is 12.3. The molecule has 6 heteroatoms. The summed E-state index contributed by atoms with van der Waals surface area (Å²) >= 11 is 0. The Balaban J connectivity index is 2.03. The lowest BCUT2D eigenvalue weighted by Crippen LogP contribution is -2.13. The predicted molar refractivity (Wildman–Crippen MR) is 95.7 cm³/mol. The van der Waals surface area contributed by atoms with E-state index in [0.717, 1.165) is 6.42 Å². The molecule has 2 N–H and O–H groups in total. The van der Waals surface area contributed by atoms with Crippen LogP contribution in [0.3, 0.4) is 0 Å². The molecule has 0 aliphatic carbocycles. The Hall–Kier alpha value is -3.15. The van der Waals surface area contributed by atoms with Crippen LogP contribution in [0.4, 0.5) is 11.4 Å². The standard InChI is InChI=1S/C19H20N2O4/c1-3-11-25-19(24)14-7-9-16(10-8-14)21-18(23)15-5-4-6-17(12-15)20-13(2)22/h4-10,12H,3,11H2,1-2H3,(H,20,22)(H,21,23). The molecular formula is C19H20N2O4. The number of rotatable bonds is 6. The molecule has 0 aliphatic rings. The zero-order chi connectivity index (χ0) is 18.2. The number of amides is 2. The minimum Gasteiger partial charge on any atom is -0.462 e. The molecule has 2 amide bonds. The topological polar surface area (TPSA) is 84.5 Å². The van der Waals surface area contributed by atoms with Gasteiger partial charge in [-0.1, -0.05) is 13.0 Å². The highest BCUT2D eigenvalue weighted by atomic mass is 16.5. The summed E-state index contributed by atoms with van der Waals surface area (Å²) in [4.78, 5) is 35.1. The van der Waals surface area contributed by atoms with E-state index in [1.807, 2.05) is 6.92 Å². The molecule has 6 nitrogen and oxygen atoms in total. The Kier molecular flexibility index (Phi) is 6.28. The van der Waals surface area contributed by atoms with Crippen LogP contribution in [0.15, 0.2) is 48.5 Å². The van der Waals surface area contributed by atoms with Gasteiger partial charge in [0.25, 0.3) is 5.91 Å². The van der Waals surface area contributed by atoms with Crippen molar-refractivity contribution in [3.63, 3.8) is 0 Å². The van der Waals surface area contributed by atoms with Crippen LogP contribution in [-0.4, -0.2) is 24.4 Å². The molecule has 25 heavy (non-hydrogen) atoms. The van der Waals surface area contributed by atoms with Crippen LogP contribution in [0.25, 0.3) is 0 Å². The quantitative estimate of drug-likeness (QED) is 0.789. The zero-order valence-corrected chi connectivity index (χ0v) is 14.2. The van der Waals surface area contributed by atoms with E-state index in [1.165, 1.54) is 6.92 Å². The third-order valence-electron chi connectivity index (χ3n) is 3.26. The van der Waals surface area contributed by atoms with Gasteiger partial charge in [-0.15, -0.1) is 0 Å². The summed E-state index contributed by atoms with van der Waals surface area (Å²) in [7, 11) is 0. The fourth-order valence-corrected chi connectivity index (χ4v) is 2.11. The van der Waals surface area contributed by atoms with Gasteiger partial charge in [-0.3, -0.25) is 9.59 Å². The summed E-state index contributed by atoms with van der Waals surface area (Å²) in [6.07, 6.45) is 0.761. The Morgan fingerprint density at radius 1 is 0.920 bits per heavy atom. The monoisotopic (exact) mass is 340 g/mol. The molecule has 0 saturated carbocycles. The molecule has 2 rings (SSSR count). The maximum Gasteiger partial charge on any atom is 0.338 e. The van der Waals surface area contributed by atoms with Crippen molar-refractivity contribution in [1.82, 2.24) is 0 Å². The Morgan fingerprint density at radius 3 is 2.28 bits per heavy atom. The summed E-state index contributed by atoms with van der Waals surface area (Å²) in [5, 5.41) is 5.37. The average Bonchev–Trinajstić information content (AvgIpc) is 2.60. The van der Waals surface area contributed by atoms with E-state index in [-0.39, 0.29) is 17.8 Å². The van der Waals surface area contributed by atoms with Crippen LogP contribution >= 0.6 is 0 Å². The number of carbonyl (C=O) groups excluding carboxylic acids is 3. The molecule has 0 radical (unpaired) electrons. The lowest BCUT2D eigenvalue weighted by molar-refractivity contribution is -0.114. The van der Waals surface area contributed by atoms with Crippen molar-refractivity contribution in [3.8, 4) is 0 Å². The third-order valence-corrected chi connectivity index (χ3v) is 3.26. The van der Waals surface area contributed by atoms with Crippen LogP contribution in [-0.2, 0) is 9.53 Å². The van der Waals surface area contributed by atoms with Crippen LogP contribution in [0.1, 0.15) is 41.0 Å². The van der Waals surface area contributed by atoms with E-state index < -0.39 is 0 Å². The summed E-state index contributed by atoms with van der Waals surface area (Å²) in [6, 6.07) is 13.1. The van der Waals surface area contributed by atoms with Crippen molar-refractivity contribution in [1.29, 1.82) is 0 Å². The smallest absolute Gasteiger partial charge is 0.338 e. The SMILES string of the molecule is CCCOC(=O)c1ccc(NC(=O)c2cccc(NC(C)=O)c2)cc1. The van der Waals surface area contributed by atoms with Crippen LogP contribution < -0.4 is 10.6 Å². The first-order chi connectivity index (χ1) is 12.0. The van der Waals surface area contributed by atoms with Gasteiger partial charge in [0.05, 0.1) is 12.2 Å². The van der Waals surface area contributed by atoms with E-state index in [1.54, 1.807) is 48.5 Å². The number of nitrogens with one attached hydrogen (secondary N) is 2.